The lowest BCUT2D eigenvalue weighted by molar-refractivity contribution is -0.298. The summed E-state index contributed by atoms with van der Waals surface area (Å²) in [4.78, 5) is 33.8. The van der Waals surface area contributed by atoms with Crippen molar-refractivity contribution in [2.75, 3.05) is 28.4 Å². The number of aryl methyl sites for hydroxylation is 1. The number of rotatable bonds is 9. The Balaban J connectivity index is 1.90. The van der Waals surface area contributed by atoms with E-state index in [0.717, 1.165) is 32.8 Å². The number of nitrogens with one attached hydrogen (secondary N) is 1. The fraction of sp³-hybridized carbons (Fsp3) is 0.360. The van der Waals surface area contributed by atoms with Crippen LogP contribution in [0, 0.1) is 0 Å². The van der Waals surface area contributed by atoms with Gasteiger partial charge in [0.2, 0.25) is 0 Å². The van der Waals surface area contributed by atoms with E-state index in [1.165, 1.54) is 21.3 Å². The van der Waals surface area contributed by atoms with Gasteiger partial charge in [0.15, 0.2) is 0 Å². The number of nitrogens with zero attached hydrogens (tertiary/aromatic N) is 2. The molecule has 0 saturated carbocycles. The van der Waals surface area contributed by atoms with Gasteiger partial charge >= 0.3 is 12.0 Å². The normalized spacial score (nSPS) is 11.9. The highest BCUT2D eigenvalue weighted by molar-refractivity contribution is 6.32. The van der Waals surface area contributed by atoms with Gasteiger partial charge in [-0.15, -0.1) is 0 Å². The summed E-state index contributed by atoms with van der Waals surface area (Å²) in [7, 11) is 7.51. The van der Waals surface area contributed by atoms with Crippen LogP contribution < -0.4 is 10.1 Å². The molecule has 3 rings (SSSR count). The van der Waals surface area contributed by atoms with Crippen LogP contribution >= 0.6 is 11.6 Å². The number of halogens is 1. The second kappa shape index (κ2) is 11.4. The molecule has 35 heavy (non-hydrogen) atoms. The van der Waals surface area contributed by atoms with Gasteiger partial charge in [-0.2, -0.15) is 0 Å². The summed E-state index contributed by atoms with van der Waals surface area (Å²) in [6.45, 7) is 1.90. The topological polar surface area (TPSA) is 91.3 Å². The van der Waals surface area contributed by atoms with E-state index in [1.807, 2.05) is 36.7 Å². The molecule has 0 aliphatic carbocycles. The number of esters is 1. The van der Waals surface area contributed by atoms with Gasteiger partial charge < -0.3 is 19.4 Å². The van der Waals surface area contributed by atoms with Crippen molar-refractivity contribution >= 4 is 34.5 Å². The first-order valence-electron chi connectivity index (χ1n) is 10.9. The molecule has 1 atom stereocenters. The Morgan fingerprint density at radius 2 is 1.80 bits per heavy atom. The van der Waals surface area contributed by atoms with E-state index in [0.29, 0.717) is 29.3 Å². The van der Waals surface area contributed by atoms with Crippen molar-refractivity contribution < 1.29 is 28.7 Å². The molecule has 0 spiro atoms. The van der Waals surface area contributed by atoms with Crippen LogP contribution in [0.4, 0.5) is 4.79 Å². The summed E-state index contributed by atoms with van der Waals surface area (Å²) in [5.41, 5.74) is 4.26. The van der Waals surface area contributed by atoms with Crippen LogP contribution in [0.25, 0.3) is 10.9 Å². The molecule has 3 aromatic rings. The molecule has 0 aliphatic heterocycles. The fourth-order valence-electron chi connectivity index (χ4n) is 4.07. The maximum atomic E-state index is 12.2. The van der Waals surface area contributed by atoms with Gasteiger partial charge in [-0.1, -0.05) is 29.0 Å². The van der Waals surface area contributed by atoms with Gasteiger partial charge in [0, 0.05) is 36.0 Å². The van der Waals surface area contributed by atoms with Gasteiger partial charge in [0.1, 0.15) is 10.9 Å². The van der Waals surface area contributed by atoms with Crippen molar-refractivity contribution in [2.45, 2.75) is 25.8 Å². The number of hydroxylamine groups is 2. The standard InChI is InChI=1S/C25H30ClN3O6/c1-15(27-25(31)29(34-5)35-6)11-16-7-10-21-19(12-16)20(23(26)28(21)2)13-17-8-9-18(24(30)33-4)14-22(17)32-3/h7-10,12,14-15H,11,13H2,1-6H3,(H,27,31). The minimum atomic E-state index is -0.491. The van der Waals surface area contributed by atoms with Crippen LogP contribution in [0.15, 0.2) is 36.4 Å². The van der Waals surface area contributed by atoms with Gasteiger partial charge in [-0.25, -0.2) is 19.3 Å². The van der Waals surface area contributed by atoms with Gasteiger partial charge in [0.25, 0.3) is 0 Å². The third kappa shape index (κ3) is 5.70. The highest BCUT2D eigenvalue weighted by Gasteiger charge is 2.19. The molecule has 2 amide bonds. The smallest absolute Gasteiger partial charge is 0.367 e. The van der Waals surface area contributed by atoms with E-state index in [9.17, 15) is 9.59 Å². The lowest BCUT2D eigenvalue weighted by atomic mass is 9.99. The predicted molar refractivity (Wildman–Crippen MR) is 133 cm³/mol. The molecule has 1 aromatic heterocycles. The third-order valence-corrected chi connectivity index (χ3v) is 6.26. The molecule has 0 aliphatic rings. The van der Waals surface area contributed by atoms with Gasteiger partial charge in [-0.05, 0) is 48.7 Å². The molecule has 1 N–H and O–H groups in total. The number of ether oxygens (including phenoxy) is 2. The molecule has 0 saturated heterocycles. The molecule has 188 valence electrons. The van der Waals surface area contributed by atoms with Gasteiger partial charge in [0.05, 0.1) is 34.0 Å². The first-order chi connectivity index (χ1) is 16.7. The van der Waals surface area contributed by atoms with Crippen LogP contribution in [0.1, 0.15) is 34.0 Å². The Labute approximate surface area is 209 Å². The van der Waals surface area contributed by atoms with E-state index < -0.39 is 12.0 Å². The lowest BCUT2D eigenvalue weighted by Gasteiger charge is -2.20. The third-order valence-electron chi connectivity index (χ3n) is 5.78. The maximum absolute atomic E-state index is 12.2. The molecule has 1 heterocycles. The van der Waals surface area contributed by atoms with E-state index in [4.69, 9.17) is 30.7 Å². The van der Waals surface area contributed by atoms with Crippen LogP contribution in [0.5, 0.6) is 5.75 Å². The lowest BCUT2D eigenvalue weighted by Crippen LogP contribution is -2.43. The largest absolute Gasteiger partial charge is 0.496 e. The molecule has 10 heteroatoms. The zero-order chi connectivity index (χ0) is 25.7. The highest BCUT2D eigenvalue weighted by atomic mass is 35.5. The quantitative estimate of drug-likeness (QED) is 0.346. The molecule has 0 fully saturated rings. The van der Waals surface area contributed by atoms with Crippen molar-refractivity contribution in [2.24, 2.45) is 7.05 Å². The van der Waals surface area contributed by atoms with E-state index >= 15 is 0 Å². The molecule has 1 unspecified atom stereocenters. The number of amides is 2. The Hall–Kier alpha value is -3.27. The number of carbonyl (C=O) groups excluding carboxylic acids is 2. The van der Waals surface area contributed by atoms with Crippen molar-refractivity contribution in [1.82, 2.24) is 15.1 Å². The fourth-order valence-corrected chi connectivity index (χ4v) is 4.33. The number of hydrogen-bond donors (Lipinski definition) is 1. The second-order valence-electron chi connectivity index (χ2n) is 8.05. The Morgan fingerprint density at radius 1 is 1.09 bits per heavy atom. The summed E-state index contributed by atoms with van der Waals surface area (Å²) >= 11 is 6.74. The SMILES string of the molecule is COC(=O)c1ccc(Cc2c(Cl)n(C)c3ccc(CC(C)NC(=O)N(OC)OC)cc23)c(OC)c1. The Bertz CT molecular complexity index is 1220. The summed E-state index contributed by atoms with van der Waals surface area (Å²) in [5.74, 6) is 0.150. The summed E-state index contributed by atoms with van der Waals surface area (Å²) in [5, 5.41) is 5.23. The number of urea groups is 1. The summed E-state index contributed by atoms with van der Waals surface area (Å²) in [6, 6.07) is 10.7. The monoisotopic (exact) mass is 503 g/mol. The summed E-state index contributed by atoms with van der Waals surface area (Å²) in [6.07, 6.45) is 1.10. The van der Waals surface area contributed by atoms with Crippen molar-refractivity contribution in [3.05, 3.63) is 63.8 Å². The first-order valence-corrected chi connectivity index (χ1v) is 11.3. The number of hydrogen-bond acceptors (Lipinski definition) is 6. The number of aromatic nitrogens is 1. The minimum absolute atomic E-state index is 0.179. The van der Waals surface area contributed by atoms with E-state index in [-0.39, 0.29) is 6.04 Å². The average Bonchev–Trinajstić information content (AvgIpc) is 3.08. The predicted octanol–water partition coefficient (Wildman–Crippen LogP) is 4.28. The van der Waals surface area contributed by atoms with Crippen LogP contribution in [-0.4, -0.2) is 56.3 Å². The summed E-state index contributed by atoms with van der Waals surface area (Å²) < 4.78 is 12.3. The minimum Gasteiger partial charge on any atom is -0.496 e. The van der Waals surface area contributed by atoms with Crippen LogP contribution in [0.2, 0.25) is 5.15 Å². The van der Waals surface area contributed by atoms with Crippen molar-refractivity contribution in [1.29, 1.82) is 0 Å². The Kier molecular flexibility index (Phi) is 8.61. The number of methoxy groups -OCH3 is 2. The van der Waals surface area contributed by atoms with Crippen LogP contribution in [-0.2, 0) is 34.3 Å². The van der Waals surface area contributed by atoms with E-state index in [2.05, 4.69) is 11.4 Å². The molecule has 9 nitrogen and oxygen atoms in total. The van der Waals surface area contributed by atoms with Gasteiger partial charge in [-0.3, -0.25) is 0 Å². The Morgan fingerprint density at radius 3 is 2.43 bits per heavy atom. The zero-order valence-electron chi connectivity index (χ0n) is 20.7. The molecule has 0 radical (unpaired) electrons. The second-order valence-corrected chi connectivity index (χ2v) is 8.41. The maximum Gasteiger partial charge on any atom is 0.367 e. The van der Waals surface area contributed by atoms with Crippen molar-refractivity contribution in [3.63, 3.8) is 0 Å². The van der Waals surface area contributed by atoms with E-state index in [1.54, 1.807) is 19.2 Å². The van der Waals surface area contributed by atoms with Crippen molar-refractivity contribution in [3.8, 4) is 5.75 Å². The van der Waals surface area contributed by atoms with Crippen LogP contribution in [0.3, 0.4) is 0 Å². The molecule has 0 bridgehead atoms. The number of carbonyl (C=O) groups is 2. The molecular formula is C25H30ClN3O6. The first kappa shape index (κ1) is 26.3. The average molecular weight is 504 g/mol. The number of fused-ring (bicyclic) bond motifs is 1. The zero-order valence-corrected chi connectivity index (χ0v) is 21.4. The molecular weight excluding hydrogens is 474 g/mol. The molecule has 2 aromatic carbocycles. The highest BCUT2D eigenvalue weighted by Crippen LogP contribution is 2.34. The number of benzene rings is 2.